The summed E-state index contributed by atoms with van der Waals surface area (Å²) < 4.78 is 67.8. The van der Waals surface area contributed by atoms with Crippen LogP contribution in [-0.4, -0.2) is 24.5 Å². The van der Waals surface area contributed by atoms with Gasteiger partial charge in [-0.3, -0.25) is 4.79 Å². The van der Waals surface area contributed by atoms with E-state index in [1.165, 1.54) is 24.3 Å². The highest BCUT2D eigenvalue weighted by Crippen LogP contribution is 2.29. The van der Waals surface area contributed by atoms with Crippen LogP contribution in [0, 0.1) is 0 Å². The number of benzene rings is 2. The van der Waals surface area contributed by atoms with Crippen LogP contribution in [-0.2, 0) is 22.0 Å². The molecule has 3 aromatic rings. The largest absolute Gasteiger partial charge is 0.471 e. The topological polar surface area (TPSA) is 102 Å². The van der Waals surface area contributed by atoms with Crippen LogP contribution < -0.4 is 4.72 Å². The van der Waals surface area contributed by atoms with Crippen LogP contribution in [0.25, 0.3) is 11.4 Å². The molecule has 0 aliphatic heterocycles. The highest BCUT2D eigenvalue weighted by molar-refractivity contribution is 7.89. The molecule has 0 radical (unpaired) electrons. The third kappa shape index (κ3) is 4.74. The van der Waals surface area contributed by atoms with E-state index in [-0.39, 0.29) is 22.7 Å². The second kappa shape index (κ2) is 7.43. The van der Waals surface area contributed by atoms with Crippen LogP contribution in [0.15, 0.2) is 59.1 Å². The normalized spacial score (nSPS) is 12.0. The number of nitrogens with zero attached hydrogens (tertiary/aromatic N) is 2. The Labute approximate surface area is 157 Å². The standard InChI is InChI=1S/C17H12F3N3O4S/c18-17(19,20)16-21-14(22-27-16)12-6-8-13(9-7-12)15(24)23-28(25,26)10-11-4-2-1-3-5-11/h1-9H,10H2,(H,23,24). The van der Waals surface area contributed by atoms with E-state index in [4.69, 9.17) is 0 Å². The average molecular weight is 411 g/mol. The Bertz CT molecular complexity index is 1080. The van der Waals surface area contributed by atoms with E-state index in [2.05, 4.69) is 14.7 Å². The summed E-state index contributed by atoms with van der Waals surface area (Å²) in [7, 11) is -3.92. The molecule has 28 heavy (non-hydrogen) atoms. The van der Waals surface area contributed by atoms with Crippen LogP contribution in [0.1, 0.15) is 21.8 Å². The van der Waals surface area contributed by atoms with Crippen molar-refractivity contribution in [2.24, 2.45) is 0 Å². The minimum absolute atomic E-state index is 0.0000681. The molecule has 3 rings (SSSR count). The van der Waals surface area contributed by atoms with Gasteiger partial charge in [0, 0.05) is 11.1 Å². The van der Waals surface area contributed by atoms with Crippen LogP contribution in [0.4, 0.5) is 13.2 Å². The van der Waals surface area contributed by atoms with E-state index < -0.39 is 28.0 Å². The van der Waals surface area contributed by atoms with Crippen molar-refractivity contribution in [3.05, 3.63) is 71.6 Å². The fourth-order valence-corrected chi connectivity index (χ4v) is 3.36. The van der Waals surface area contributed by atoms with Gasteiger partial charge in [0.15, 0.2) is 0 Å². The van der Waals surface area contributed by atoms with E-state index in [0.29, 0.717) is 5.56 Å². The molecule has 0 saturated carbocycles. The summed E-state index contributed by atoms with van der Waals surface area (Å²) in [4.78, 5) is 15.4. The Morgan fingerprint density at radius 3 is 2.25 bits per heavy atom. The van der Waals surface area contributed by atoms with E-state index in [1.54, 1.807) is 30.3 Å². The van der Waals surface area contributed by atoms with E-state index in [9.17, 15) is 26.4 Å². The number of alkyl halides is 3. The number of halogens is 3. The number of amides is 1. The highest BCUT2D eigenvalue weighted by Gasteiger charge is 2.38. The van der Waals surface area contributed by atoms with Gasteiger partial charge in [0.25, 0.3) is 5.91 Å². The van der Waals surface area contributed by atoms with Gasteiger partial charge in [0.05, 0.1) is 5.75 Å². The predicted octanol–water partition coefficient (Wildman–Crippen LogP) is 3.02. The second-order valence-electron chi connectivity index (χ2n) is 5.67. The minimum atomic E-state index is -4.77. The van der Waals surface area contributed by atoms with Crippen LogP contribution in [0.3, 0.4) is 0 Å². The smallest absolute Gasteiger partial charge is 0.329 e. The third-order valence-electron chi connectivity index (χ3n) is 3.52. The molecule has 0 aliphatic rings. The van der Waals surface area contributed by atoms with Gasteiger partial charge in [-0.2, -0.15) is 18.2 Å². The van der Waals surface area contributed by atoms with Crippen molar-refractivity contribution >= 4 is 15.9 Å². The van der Waals surface area contributed by atoms with Crippen molar-refractivity contribution in [2.45, 2.75) is 11.9 Å². The number of rotatable bonds is 5. The van der Waals surface area contributed by atoms with Crippen molar-refractivity contribution in [1.29, 1.82) is 0 Å². The third-order valence-corrected chi connectivity index (χ3v) is 4.73. The lowest BCUT2D eigenvalue weighted by Crippen LogP contribution is -2.31. The zero-order valence-corrected chi connectivity index (χ0v) is 14.8. The van der Waals surface area contributed by atoms with Gasteiger partial charge in [-0.25, -0.2) is 13.1 Å². The molecule has 7 nitrogen and oxygen atoms in total. The maximum Gasteiger partial charge on any atom is 0.471 e. The first kappa shape index (κ1) is 19.5. The first-order chi connectivity index (χ1) is 13.1. The van der Waals surface area contributed by atoms with Gasteiger partial charge in [0.2, 0.25) is 15.8 Å². The summed E-state index contributed by atoms with van der Waals surface area (Å²) >= 11 is 0. The number of carbonyl (C=O) groups is 1. The number of nitrogens with one attached hydrogen (secondary N) is 1. The van der Waals surface area contributed by atoms with Crippen molar-refractivity contribution in [3.63, 3.8) is 0 Å². The lowest BCUT2D eigenvalue weighted by molar-refractivity contribution is -0.159. The summed E-state index contributed by atoms with van der Waals surface area (Å²) in [6, 6.07) is 13.3. The van der Waals surface area contributed by atoms with Crippen molar-refractivity contribution < 1.29 is 30.9 Å². The summed E-state index contributed by atoms with van der Waals surface area (Å²) in [6.07, 6.45) is -4.77. The SMILES string of the molecule is O=C(NS(=O)(=O)Cc1ccccc1)c1ccc(-c2noc(C(F)(F)F)n2)cc1. The minimum Gasteiger partial charge on any atom is -0.329 e. The van der Waals surface area contributed by atoms with E-state index in [0.717, 1.165) is 0 Å². The molecule has 0 unspecified atom stereocenters. The van der Waals surface area contributed by atoms with Gasteiger partial charge < -0.3 is 4.52 Å². The molecular formula is C17H12F3N3O4S. The fourth-order valence-electron chi connectivity index (χ4n) is 2.26. The van der Waals surface area contributed by atoms with Gasteiger partial charge in [-0.05, 0) is 17.7 Å². The molecule has 11 heteroatoms. The molecule has 1 heterocycles. The molecule has 0 saturated heterocycles. The van der Waals surface area contributed by atoms with Crippen LogP contribution in [0.2, 0.25) is 0 Å². The first-order valence-corrected chi connectivity index (χ1v) is 9.39. The van der Waals surface area contributed by atoms with E-state index in [1.807, 2.05) is 4.72 Å². The van der Waals surface area contributed by atoms with Gasteiger partial charge in [-0.15, -0.1) is 0 Å². The zero-order valence-electron chi connectivity index (χ0n) is 14.0. The number of hydrogen-bond acceptors (Lipinski definition) is 6. The average Bonchev–Trinajstić information content (AvgIpc) is 3.12. The molecule has 146 valence electrons. The monoisotopic (exact) mass is 411 g/mol. The number of carbonyl (C=O) groups excluding carboxylic acids is 1. The van der Waals surface area contributed by atoms with Crippen molar-refractivity contribution in [1.82, 2.24) is 14.9 Å². The molecule has 0 fully saturated rings. The summed E-state index contributed by atoms with van der Waals surface area (Å²) in [5.41, 5.74) is 0.679. The van der Waals surface area contributed by atoms with Crippen LogP contribution in [0.5, 0.6) is 0 Å². The molecule has 1 amide bonds. The van der Waals surface area contributed by atoms with Crippen molar-refractivity contribution in [3.8, 4) is 11.4 Å². The Kier molecular flexibility index (Phi) is 5.18. The van der Waals surface area contributed by atoms with Gasteiger partial charge in [-0.1, -0.05) is 47.6 Å². The van der Waals surface area contributed by atoms with Gasteiger partial charge in [0.1, 0.15) is 0 Å². The fraction of sp³-hybridized carbons (Fsp3) is 0.118. The molecular weight excluding hydrogens is 399 g/mol. The maximum absolute atomic E-state index is 12.5. The second-order valence-corrected chi connectivity index (χ2v) is 7.40. The lowest BCUT2D eigenvalue weighted by Gasteiger charge is -2.07. The molecule has 0 atom stereocenters. The quantitative estimate of drug-likeness (QED) is 0.693. The Morgan fingerprint density at radius 2 is 1.68 bits per heavy atom. The Balaban J connectivity index is 1.71. The summed E-state index contributed by atoms with van der Waals surface area (Å²) in [5.74, 6) is -3.04. The first-order valence-electron chi connectivity index (χ1n) is 7.74. The maximum atomic E-state index is 12.5. The molecule has 1 N–H and O–H groups in total. The Hall–Kier alpha value is -3.21. The zero-order chi connectivity index (χ0) is 20.4. The molecule has 0 bridgehead atoms. The summed E-state index contributed by atoms with van der Waals surface area (Å²) in [6.45, 7) is 0. The predicted molar refractivity (Wildman–Crippen MR) is 91.3 cm³/mol. The highest BCUT2D eigenvalue weighted by atomic mass is 32.2. The number of sulfonamides is 1. The molecule has 0 spiro atoms. The number of aromatic nitrogens is 2. The Morgan fingerprint density at radius 1 is 1.04 bits per heavy atom. The van der Waals surface area contributed by atoms with E-state index >= 15 is 0 Å². The van der Waals surface area contributed by atoms with Crippen LogP contribution >= 0.6 is 0 Å². The lowest BCUT2D eigenvalue weighted by atomic mass is 10.1. The summed E-state index contributed by atoms with van der Waals surface area (Å²) in [5, 5.41) is 3.23. The molecule has 1 aromatic heterocycles. The van der Waals surface area contributed by atoms with Gasteiger partial charge >= 0.3 is 12.1 Å². The van der Waals surface area contributed by atoms with Crippen molar-refractivity contribution in [2.75, 3.05) is 0 Å². The number of hydrogen-bond donors (Lipinski definition) is 1. The molecule has 2 aromatic carbocycles. The molecule has 0 aliphatic carbocycles.